The van der Waals surface area contributed by atoms with Gasteiger partial charge >= 0.3 is 0 Å². The van der Waals surface area contributed by atoms with Gasteiger partial charge in [-0.05, 0) is 35.9 Å². The molecule has 0 aliphatic carbocycles. The lowest BCUT2D eigenvalue weighted by atomic mass is 10.1. The van der Waals surface area contributed by atoms with Crippen molar-refractivity contribution in [2.75, 3.05) is 48.7 Å². The molecule has 0 radical (unpaired) electrons. The van der Waals surface area contributed by atoms with Gasteiger partial charge in [0.1, 0.15) is 22.2 Å². The highest BCUT2D eigenvalue weighted by molar-refractivity contribution is 7.99. The lowest BCUT2D eigenvalue weighted by Gasteiger charge is -2.26. The van der Waals surface area contributed by atoms with Crippen molar-refractivity contribution in [2.45, 2.75) is 11.4 Å². The van der Waals surface area contributed by atoms with E-state index < -0.39 is 26.6 Å². The predicted octanol–water partition coefficient (Wildman–Crippen LogP) is 3.82. The van der Waals surface area contributed by atoms with Crippen molar-refractivity contribution in [1.82, 2.24) is 19.4 Å². The molecule has 1 aliphatic rings. The van der Waals surface area contributed by atoms with Crippen LogP contribution in [0.15, 0.2) is 53.6 Å². The summed E-state index contributed by atoms with van der Waals surface area (Å²) in [4.78, 5) is 10.4. The fourth-order valence-corrected chi connectivity index (χ4v) is 6.45. The van der Waals surface area contributed by atoms with Crippen LogP contribution < -0.4 is 15.2 Å². The summed E-state index contributed by atoms with van der Waals surface area (Å²) in [5, 5.41) is 0. The molecule has 2 aromatic heterocycles. The van der Waals surface area contributed by atoms with Crippen molar-refractivity contribution in [2.24, 2.45) is 0 Å². The Kier molecular flexibility index (Phi) is 7.41. The van der Waals surface area contributed by atoms with E-state index in [1.165, 1.54) is 7.11 Å². The van der Waals surface area contributed by atoms with Crippen LogP contribution in [0.2, 0.25) is 0 Å². The van der Waals surface area contributed by atoms with Crippen LogP contribution in [-0.2, 0) is 16.6 Å². The molecule has 3 heterocycles. The highest BCUT2D eigenvalue weighted by Gasteiger charge is 2.22. The summed E-state index contributed by atoms with van der Waals surface area (Å²) in [6.07, 6.45) is 1.55. The predicted molar refractivity (Wildman–Crippen MR) is 145 cm³/mol. The van der Waals surface area contributed by atoms with Gasteiger partial charge in [-0.2, -0.15) is 11.8 Å². The molecule has 1 aliphatic heterocycles. The van der Waals surface area contributed by atoms with Crippen LogP contribution in [0.3, 0.4) is 0 Å². The van der Waals surface area contributed by atoms with Gasteiger partial charge in [0.15, 0.2) is 0 Å². The molecule has 0 atom stereocenters. The zero-order valence-electron chi connectivity index (χ0n) is 20.5. The van der Waals surface area contributed by atoms with Gasteiger partial charge in [-0.3, -0.25) is 9.62 Å². The van der Waals surface area contributed by atoms with E-state index in [1.807, 2.05) is 34.5 Å². The van der Waals surface area contributed by atoms with Gasteiger partial charge in [0.05, 0.1) is 18.1 Å². The topological polar surface area (TPSA) is 115 Å². The average molecular weight is 561 g/mol. The molecule has 5 rings (SSSR count). The SMILES string of the molecule is COc1ncc(-c2ccc3nc(N)n(CCN4CCSCC4)c3c2)cc1NS(=O)(=O)c1ccc(F)cc1F. The number of hydrogen-bond acceptors (Lipinski definition) is 8. The van der Waals surface area contributed by atoms with Crippen molar-refractivity contribution in [1.29, 1.82) is 0 Å². The fourth-order valence-electron chi connectivity index (χ4n) is 4.36. The minimum atomic E-state index is -4.40. The highest BCUT2D eigenvalue weighted by atomic mass is 32.2. The third-order valence-corrected chi connectivity index (χ3v) is 8.67. The second kappa shape index (κ2) is 10.8. The Hall–Kier alpha value is -3.42. The summed E-state index contributed by atoms with van der Waals surface area (Å²) in [6, 6.07) is 9.39. The number of sulfonamides is 1. The molecule has 4 aromatic rings. The number of anilines is 2. The first-order chi connectivity index (χ1) is 18.2. The van der Waals surface area contributed by atoms with Crippen molar-refractivity contribution >= 4 is 44.5 Å². The normalized spacial score (nSPS) is 14.6. The van der Waals surface area contributed by atoms with Crippen LogP contribution in [0.25, 0.3) is 22.2 Å². The van der Waals surface area contributed by atoms with E-state index in [4.69, 9.17) is 10.5 Å². The summed E-state index contributed by atoms with van der Waals surface area (Å²) < 4.78 is 62.8. The first kappa shape index (κ1) is 26.2. The van der Waals surface area contributed by atoms with Gasteiger partial charge in [-0.15, -0.1) is 0 Å². The Balaban J connectivity index is 1.46. The number of nitrogen functional groups attached to an aromatic ring is 1. The summed E-state index contributed by atoms with van der Waals surface area (Å²) in [7, 11) is -3.06. The number of nitrogens with one attached hydrogen (secondary N) is 1. The number of thioether (sulfide) groups is 1. The summed E-state index contributed by atoms with van der Waals surface area (Å²) in [5.41, 5.74) is 9.16. The Bertz CT molecular complexity index is 1590. The molecule has 0 unspecified atom stereocenters. The minimum absolute atomic E-state index is 0.00446. The van der Waals surface area contributed by atoms with Gasteiger partial charge in [0.2, 0.25) is 11.8 Å². The third-order valence-electron chi connectivity index (χ3n) is 6.33. The number of imidazole rings is 1. The molecule has 0 amide bonds. The number of halogens is 2. The number of methoxy groups -OCH3 is 1. The lowest BCUT2D eigenvalue weighted by molar-refractivity contribution is 0.291. The van der Waals surface area contributed by atoms with E-state index >= 15 is 0 Å². The molecule has 0 spiro atoms. The molecular weight excluding hydrogens is 534 g/mol. The maximum atomic E-state index is 14.2. The Morgan fingerprint density at radius 2 is 1.87 bits per heavy atom. The van der Waals surface area contributed by atoms with E-state index in [2.05, 4.69) is 19.6 Å². The van der Waals surface area contributed by atoms with E-state index in [0.717, 1.165) is 59.9 Å². The molecule has 200 valence electrons. The molecule has 3 N–H and O–H groups in total. The minimum Gasteiger partial charge on any atom is -0.480 e. The molecule has 1 saturated heterocycles. The maximum absolute atomic E-state index is 14.2. The van der Waals surface area contributed by atoms with Gasteiger partial charge in [0.25, 0.3) is 10.0 Å². The number of pyridine rings is 1. The zero-order valence-corrected chi connectivity index (χ0v) is 22.2. The van der Waals surface area contributed by atoms with Crippen LogP contribution in [0.4, 0.5) is 20.4 Å². The molecule has 2 aromatic carbocycles. The highest BCUT2D eigenvalue weighted by Crippen LogP contribution is 2.32. The van der Waals surface area contributed by atoms with Crippen molar-refractivity contribution < 1.29 is 21.9 Å². The van der Waals surface area contributed by atoms with Crippen molar-refractivity contribution in [3.05, 3.63) is 60.3 Å². The second-order valence-corrected chi connectivity index (χ2v) is 11.6. The second-order valence-electron chi connectivity index (χ2n) is 8.74. The van der Waals surface area contributed by atoms with Gasteiger partial charge < -0.3 is 15.0 Å². The molecule has 1 fully saturated rings. The molecule has 0 bridgehead atoms. The summed E-state index contributed by atoms with van der Waals surface area (Å²) in [5.74, 6) is 0.567. The maximum Gasteiger partial charge on any atom is 0.264 e. The Morgan fingerprint density at radius 1 is 1.08 bits per heavy atom. The number of ether oxygens (including phenoxy) is 1. The number of nitrogens with two attached hydrogens (primary N) is 1. The van der Waals surface area contributed by atoms with Crippen LogP contribution in [0.1, 0.15) is 0 Å². The van der Waals surface area contributed by atoms with E-state index in [1.54, 1.807) is 12.3 Å². The summed E-state index contributed by atoms with van der Waals surface area (Å²) >= 11 is 1.96. The van der Waals surface area contributed by atoms with Gasteiger partial charge in [-0.1, -0.05) is 6.07 Å². The van der Waals surface area contributed by atoms with E-state index in [0.29, 0.717) is 24.1 Å². The number of fused-ring (bicyclic) bond motifs is 1. The Morgan fingerprint density at radius 3 is 2.61 bits per heavy atom. The number of hydrogen-bond donors (Lipinski definition) is 2. The molecule has 13 heteroatoms. The van der Waals surface area contributed by atoms with Crippen LogP contribution in [-0.4, -0.2) is 66.1 Å². The first-order valence-electron chi connectivity index (χ1n) is 11.8. The molecular formula is C25H26F2N6O3S2. The average Bonchev–Trinajstić information content (AvgIpc) is 3.21. The Labute approximate surface area is 223 Å². The third kappa shape index (κ3) is 5.40. The number of nitrogens with zero attached hydrogens (tertiary/aromatic N) is 4. The number of aromatic nitrogens is 3. The molecule has 0 saturated carbocycles. The van der Waals surface area contributed by atoms with Gasteiger partial charge in [0, 0.05) is 55.5 Å². The van der Waals surface area contributed by atoms with E-state index in [-0.39, 0.29) is 11.6 Å². The first-order valence-corrected chi connectivity index (χ1v) is 14.5. The van der Waals surface area contributed by atoms with E-state index in [9.17, 15) is 17.2 Å². The smallest absolute Gasteiger partial charge is 0.264 e. The van der Waals surface area contributed by atoms with Crippen LogP contribution in [0.5, 0.6) is 5.88 Å². The van der Waals surface area contributed by atoms with Gasteiger partial charge in [-0.25, -0.2) is 27.2 Å². The van der Waals surface area contributed by atoms with Crippen molar-refractivity contribution in [3.63, 3.8) is 0 Å². The molecule has 9 nitrogen and oxygen atoms in total. The van der Waals surface area contributed by atoms with Crippen molar-refractivity contribution in [3.8, 4) is 17.0 Å². The van der Waals surface area contributed by atoms with Crippen LogP contribution in [0, 0.1) is 11.6 Å². The zero-order chi connectivity index (χ0) is 26.9. The van der Waals surface area contributed by atoms with Crippen LogP contribution >= 0.6 is 11.8 Å². The molecule has 38 heavy (non-hydrogen) atoms. The standard InChI is InChI=1S/C25H26F2N6O3S2/c1-36-24-21(31-38(34,35)23-5-3-18(26)14-19(23)27)12-17(15-29-24)16-2-4-20-22(13-16)33(25(28)30-20)7-6-32-8-10-37-11-9-32/h2-5,12-15,31H,6-11H2,1H3,(H2,28,30). The largest absolute Gasteiger partial charge is 0.480 e. The quantitative estimate of drug-likeness (QED) is 0.334. The summed E-state index contributed by atoms with van der Waals surface area (Å²) in [6.45, 7) is 3.63. The lowest BCUT2D eigenvalue weighted by Crippen LogP contribution is -2.35. The number of benzene rings is 2. The monoisotopic (exact) mass is 560 g/mol. The number of rotatable bonds is 8. The fraction of sp³-hybridized carbons (Fsp3) is 0.280.